The van der Waals surface area contributed by atoms with Crippen molar-refractivity contribution in [1.29, 1.82) is 0 Å². The van der Waals surface area contributed by atoms with E-state index in [2.05, 4.69) is 10.6 Å². The van der Waals surface area contributed by atoms with Crippen LogP contribution in [0.5, 0.6) is 0 Å². The number of hydrogen-bond donors (Lipinski definition) is 0. The highest BCUT2D eigenvalue weighted by atomic mass is 35.5. The van der Waals surface area contributed by atoms with E-state index >= 15 is 0 Å². The van der Waals surface area contributed by atoms with Crippen molar-refractivity contribution >= 4 is 23.4 Å². The van der Waals surface area contributed by atoms with Gasteiger partial charge in [0.25, 0.3) is 0 Å². The molecule has 0 unspecified atom stereocenters. The minimum absolute atomic E-state index is 0.00834. The molecule has 0 saturated carbocycles. The summed E-state index contributed by atoms with van der Waals surface area (Å²) in [6.07, 6.45) is 2.51. The van der Waals surface area contributed by atoms with Crippen LogP contribution in [0.1, 0.15) is 30.1 Å². The van der Waals surface area contributed by atoms with Gasteiger partial charge < -0.3 is 19.1 Å². The van der Waals surface area contributed by atoms with Gasteiger partial charge in [-0.1, -0.05) is 23.7 Å². The largest absolute Gasteiger partial charge is 0.378 e. The van der Waals surface area contributed by atoms with Crippen LogP contribution in [0, 0.1) is 0 Å². The molecule has 2 aliphatic heterocycles. The molecule has 3 heterocycles. The van der Waals surface area contributed by atoms with E-state index in [0.29, 0.717) is 37.9 Å². The molecule has 1 fully saturated rings. The molecule has 7 heteroatoms. The summed E-state index contributed by atoms with van der Waals surface area (Å²) in [5, 5.41) is 0.670. The van der Waals surface area contributed by atoms with Crippen molar-refractivity contribution in [2.75, 3.05) is 32.8 Å². The number of carbonyl (C=O) groups is 2. The zero-order valence-electron chi connectivity index (χ0n) is 15.7. The Morgan fingerprint density at radius 3 is 2.43 bits per heavy atom. The standard InChI is InChI=1S/C21H24ClN3O3/c22-17-5-3-16(4-6-17)21-18-2-1-9-23(18)10-11-25(21)20(27)8-7-19(26)24-12-14-28-15-13-24/h1-6,9,21H,7-8,10-15H2/t21-/m1/s1. The number of aromatic nitrogens is 1. The lowest BCUT2D eigenvalue weighted by molar-refractivity contribution is -0.140. The highest BCUT2D eigenvalue weighted by molar-refractivity contribution is 6.30. The van der Waals surface area contributed by atoms with Crippen LogP contribution >= 0.6 is 11.6 Å². The van der Waals surface area contributed by atoms with Gasteiger partial charge in [0.05, 0.1) is 19.3 Å². The zero-order valence-corrected chi connectivity index (χ0v) is 16.5. The lowest BCUT2D eigenvalue weighted by atomic mass is 9.99. The number of fused-ring (bicyclic) bond motifs is 1. The maximum absolute atomic E-state index is 13.1. The van der Waals surface area contributed by atoms with E-state index in [0.717, 1.165) is 17.8 Å². The molecule has 2 amide bonds. The van der Waals surface area contributed by atoms with E-state index in [4.69, 9.17) is 16.3 Å². The van der Waals surface area contributed by atoms with Gasteiger partial charge in [-0.15, -0.1) is 0 Å². The van der Waals surface area contributed by atoms with Gasteiger partial charge >= 0.3 is 0 Å². The van der Waals surface area contributed by atoms with Crippen molar-refractivity contribution in [2.45, 2.75) is 25.4 Å². The summed E-state index contributed by atoms with van der Waals surface area (Å²) in [6.45, 7) is 3.74. The number of benzene rings is 1. The third-order valence-electron chi connectivity index (χ3n) is 5.46. The number of carbonyl (C=O) groups excluding carboxylic acids is 2. The lowest BCUT2D eigenvalue weighted by Gasteiger charge is -2.37. The number of nitrogens with zero attached hydrogens (tertiary/aromatic N) is 3. The van der Waals surface area contributed by atoms with Crippen LogP contribution in [0.2, 0.25) is 5.02 Å². The van der Waals surface area contributed by atoms with E-state index in [1.807, 2.05) is 41.4 Å². The van der Waals surface area contributed by atoms with Crippen LogP contribution < -0.4 is 0 Å². The zero-order chi connectivity index (χ0) is 19.5. The van der Waals surface area contributed by atoms with Gasteiger partial charge in [0.2, 0.25) is 11.8 Å². The van der Waals surface area contributed by atoms with E-state index in [1.165, 1.54) is 0 Å². The first-order chi connectivity index (χ1) is 13.6. The molecule has 2 aromatic rings. The van der Waals surface area contributed by atoms with Crippen molar-refractivity contribution in [3.8, 4) is 0 Å². The van der Waals surface area contributed by atoms with Gasteiger partial charge in [-0.2, -0.15) is 0 Å². The lowest BCUT2D eigenvalue weighted by Crippen LogP contribution is -2.44. The highest BCUT2D eigenvalue weighted by Crippen LogP contribution is 2.33. The Kier molecular flexibility index (Phi) is 5.69. The quantitative estimate of drug-likeness (QED) is 0.791. The van der Waals surface area contributed by atoms with Crippen LogP contribution in [0.25, 0.3) is 0 Å². The Morgan fingerprint density at radius 1 is 0.964 bits per heavy atom. The van der Waals surface area contributed by atoms with E-state index in [1.54, 1.807) is 4.90 Å². The molecule has 6 nitrogen and oxygen atoms in total. The van der Waals surface area contributed by atoms with E-state index in [-0.39, 0.29) is 30.7 Å². The van der Waals surface area contributed by atoms with Crippen molar-refractivity contribution in [3.63, 3.8) is 0 Å². The molecule has 1 aromatic carbocycles. The number of halogens is 1. The third kappa shape index (κ3) is 3.93. The van der Waals surface area contributed by atoms with Crippen LogP contribution in [0.4, 0.5) is 0 Å². The summed E-state index contributed by atoms with van der Waals surface area (Å²) in [7, 11) is 0. The van der Waals surface area contributed by atoms with Crippen molar-refractivity contribution in [3.05, 3.63) is 58.9 Å². The molecule has 1 saturated heterocycles. The smallest absolute Gasteiger partial charge is 0.223 e. The number of hydrogen-bond acceptors (Lipinski definition) is 3. The van der Waals surface area contributed by atoms with Gasteiger partial charge in [0, 0.05) is 55.9 Å². The molecule has 0 bridgehead atoms. The van der Waals surface area contributed by atoms with E-state index in [9.17, 15) is 9.59 Å². The SMILES string of the molecule is O=C(CCC(=O)N1CCn2cccc2[C@H]1c1ccc(Cl)cc1)N1CCOCC1. The fourth-order valence-corrected chi connectivity index (χ4v) is 4.10. The predicted molar refractivity (Wildman–Crippen MR) is 106 cm³/mol. The first kappa shape index (κ1) is 19.0. The number of amides is 2. The van der Waals surface area contributed by atoms with Gasteiger partial charge in [0.15, 0.2) is 0 Å². The Hall–Kier alpha value is -2.31. The Bertz CT molecular complexity index is 843. The van der Waals surface area contributed by atoms with Gasteiger partial charge in [-0.3, -0.25) is 9.59 Å². The van der Waals surface area contributed by atoms with Crippen LogP contribution in [-0.2, 0) is 20.9 Å². The second kappa shape index (κ2) is 8.37. The first-order valence-corrected chi connectivity index (χ1v) is 10.1. The summed E-state index contributed by atoms with van der Waals surface area (Å²) in [5.74, 6) is 0.0362. The molecule has 0 aliphatic carbocycles. The van der Waals surface area contributed by atoms with Gasteiger partial charge in [0.1, 0.15) is 0 Å². The molecule has 0 spiro atoms. The van der Waals surface area contributed by atoms with Crippen LogP contribution in [-0.4, -0.2) is 59.0 Å². The second-order valence-electron chi connectivity index (χ2n) is 7.16. The minimum atomic E-state index is -0.160. The summed E-state index contributed by atoms with van der Waals surface area (Å²) >= 11 is 6.05. The summed E-state index contributed by atoms with van der Waals surface area (Å²) < 4.78 is 7.47. The maximum atomic E-state index is 13.1. The fourth-order valence-electron chi connectivity index (χ4n) is 3.98. The molecule has 1 atom stereocenters. The minimum Gasteiger partial charge on any atom is -0.378 e. The number of rotatable bonds is 4. The number of ether oxygens (including phenoxy) is 1. The Balaban J connectivity index is 1.49. The first-order valence-electron chi connectivity index (χ1n) is 9.69. The fraction of sp³-hybridized carbons (Fsp3) is 0.429. The van der Waals surface area contributed by atoms with Crippen LogP contribution in [0.15, 0.2) is 42.6 Å². The molecule has 148 valence electrons. The van der Waals surface area contributed by atoms with Gasteiger partial charge in [-0.25, -0.2) is 0 Å². The molecule has 2 aliphatic rings. The van der Waals surface area contributed by atoms with Gasteiger partial charge in [-0.05, 0) is 29.8 Å². The topological polar surface area (TPSA) is 54.8 Å². The molecule has 1 aromatic heterocycles. The normalized spacial score (nSPS) is 19.4. The molecule has 4 rings (SSSR count). The van der Waals surface area contributed by atoms with Crippen molar-refractivity contribution < 1.29 is 14.3 Å². The maximum Gasteiger partial charge on any atom is 0.223 e. The van der Waals surface area contributed by atoms with Crippen LogP contribution in [0.3, 0.4) is 0 Å². The average molecular weight is 402 g/mol. The summed E-state index contributed by atoms with van der Waals surface area (Å²) in [6, 6.07) is 11.5. The molecule has 0 radical (unpaired) electrons. The predicted octanol–water partition coefficient (Wildman–Crippen LogP) is 2.71. The average Bonchev–Trinajstić information content (AvgIpc) is 3.21. The molecular weight excluding hydrogens is 378 g/mol. The summed E-state index contributed by atoms with van der Waals surface area (Å²) in [4.78, 5) is 29.2. The number of morpholine rings is 1. The van der Waals surface area contributed by atoms with E-state index < -0.39 is 0 Å². The molecule has 0 N–H and O–H groups in total. The molecule has 28 heavy (non-hydrogen) atoms. The summed E-state index contributed by atoms with van der Waals surface area (Å²) in [5.41, 5.74) is 2.11. The van der Waals surface area contributed by atoms with Crippen molar-refractivity contribution in [2.24, 2.45) is 0 Å². The molecular formula is C21H24ClN3O3. The highest BCUT2D eigenvalue weighted by Gasteiger charge is 2.32. The third-order valence-corrected chi connectivity index (χ3v) is 5.71. The van der Waals surface area contributed by atoms with Crippen molar-refractivity contribution in [1.82, 2.24) is 14.4 Å². The Morgan fingerprint density at radius 2 is 1.68 bits per heavy atom. The Labute approximate surface area is 169 Å². The second-order valence-corrected chi connectivity index (χ2v) is 7.60. The monoisotopic (exact) mass is 401 g/mol.